The van der Waals surface area contributed by atoms with Gasteiger partial charge in [0.2, 0.25) is 0 Å². The highest BCUT2D eigenvalue weighted by Crippen LogP contribution is 2.45. The second-order valence-electron chi connectivity index (χ2n) is 5.52. The molecule has 1 aromatic carbocycles. The average molecular weight is 429 g/mol. The predicted molar refractivity (Wildman–Crippen MR) is 92.1 cm³/mol. The molecule has 0 aromatic heterocycles. The van der Waals surface area contributed by atoms with Gasteiger partial charge in [-0.15, -0.1) is 0 Å². The van der Waals surface area contributed by atoms with Crippen molar-refractivity contribution < 1.29 is 0 Å². The zero-order valence-corrected chi connectivity index (χ0v) is 15.5. The fourth-order valence-corrected chi connectivity index (χ4v) is 5.71. The van der Waals surface area contributed by atoms with Crippen LogP contribution in [0, 0.1) is 11.3 Å². The van der Waals surface area contributed by atoms with Crippen LogP contribution in [0.2, 0.25) is 10.0 Å². The number of hydrogen-bond acceptors (Lipinski definition) is 0. The lowest BCUT2D eigenvalue weighted by Gasteiger charge is -2.37. The summed E-state index contributed by atoms with van der Waals surface area (Å²) in [6.07, 6.45) is 6.35. The normalized spacial score (nSPS) is 17.1. The van der Waals surface area contributed by atoms with Gasteiger partial charge in [-0.3, -0.25) is 0 Å². The number of rotatable bonds is 5. The number of halogens is 4. The van der Waals surface area contributed by atoms with Gasteiger partial charge in [-0.25, -0.2) is 0 Å². The molecule has 4 heteroatoms. The predicted octanol–water partition coefficient (Wildman–Crippen LogP) is 6.50. The highest BCUT2D eigenvalue weighted by Gasteiger charge is 2.38. The molecule has 0 amide bonds. The molecular formula is C15H18Br2Cl2. The number of hydrogen-bond donors (Lipinski definition) is 0. The van der Waals surface area contributed by atoms with Gasteiger partial charge in [0.05, 0.1) is 0 Å². The first-order chi connectivity index (χ1) is 9.11. The molecule has 0 heterocycles. The van der Waals surface area contributed by atoms with Gasteiger partial charge in [-0.1, -0.05) is 67.9 Å². The summed E-state index contributed by atoms with van der Waals surface area (Å²) in [6, 6.07) is 5.77. The summed E-state index contributed by atoms with van der Waals surface area (Å²) < 4.78 is 0. The van der Waals surface area contributed by atoms with E-state index in [2.05, 4.69) is 31.9 Å². The van der Waals surface area contributed by atoms with Gasteiger partial charge in [0.1, 0.15) is 0 Å². The number of alkyl halides is 2. The minimum Gasteiger partial charge on any atom is -0.0921 e. The molecule has 0 N–H and O–H groups in total. The van der Waals surface area contributed by atoms with Gasteiger partial charge in [-0.05, 0) is 54.4 Å². The fourth-order valence-electron chi connectivity index (χ4n) is 3.09. The van der Waals surface area contributed by atoms with E-state index in [1.54, 1.807) is 0 Å². The highest BCUT2D eigenvalue weighted by molar-refractivity contribution is 9.09. The fraction of sp³-hybridized carbons (Fsp3) is 0.600. The van der Waals surface area contributed by atoms with Crippen molar-refractivity contribution in [2.45, 2.75) is 32.1 Å². The Morgan fingerprint density at radius 1 is 1.11 bits per heavy atom. The first-order valence-corrected chi connectivity index (χ1v) is 9.67. The lowest BCUT2D eigenvalue weighted by Crippen LogP contribution is -2.35. The highest BCUT2D eigenvalue weighted by atomic mass is 79.9. The molecule has 0 aliphatic heterocycles. The van der Waals surface area contributed by atoms with Crippen molar-refractivity contribution in [3.8, 4) is 0 Å². The molecule has 0 saturated heterocycles. The molecule has 0 bridgehead atoms. The molecular weight excluding hydrogens is 411 g/mol. The molecule has 1 saturated carbocycles. The van der Waals surface area contributed by atoms with Gasteiger partial charge in [0, 0.05) is 20.7 Å². The summed E-state index contributed by atoms with van der Waals surface area (Å²) in [7, 11) is 0. The van der Waals surface area contributed by atoms with E-state index in [1.165, 1.54) is 31.2 Å². The number of benzene rings is 1. The maximum absolute atomic E-state index is 6.33. The lowest BCUT2D eigenvalue weighted by molar-refractivity contribution is 0.233. The molecule has 19 heavy (non-hydrogen) atoms. The van der Waals surface area contributed by atoms with Crippen LogP contribution in [-0.4, -0.2) is 10.7 Å². The zero-order chi connectivity index (χ0) is 13.9. The van der Waals surface area contributed by atoms with E-state index in [0.717, 1.165) is 33.0 Å². The molecule has 2 rings (SSSR count). The van der Waals surface area contributed by atoms with Crippen molar-refractivity contribution in [2.24, 2.45) is 11.3 Å². The van der Waals surface area contributed by atoms with Crippen LogP contribution in [0.1, 0.15) is 31.2 Å². The Bertz CT molecular complexity index is 424. The van der Waals surface area contributed by atoms with Gasteiger partial charge >= 0.3 is 0 Å². The van der Waals surface area contributed by atoms with E-state index in [4.69, 9.17) is 23.2 Å². The Labute approximate surface area is 142 Å². The summed E-state index contributed by atoms with van der Waals surface area (Å²) >= 11 is 19.9. The van der Waals surface area contributed by atoms with E-state index < -0.39 is 0 Å². The molecule has 1 aromatic rings. The van der Waals surface area contributed by atoms with Crippen LogP contribution in [0.3, 0.4) is 0 Å². The van der Waals surface area contributed by atoms with Crippen molar-refractivity contribution >= 4 is 55.1 Å². The third-order valence-electron chi connectivity index (χ3n) is 4.30. The third kappa shape index (κ3) is 3.70. The zero-order valence-electron chi connectivity index (χ0n) is 10.8. The minimum absolute atomic E-state index is 0.241. The van der Waals surface area contributed by atoms with Crippen LogP contribution in [0.4, 0.5) is 0 Å². The molecule has 0 spiro atoms. The van der Waals surface area contributed by atoms with Crippen LogP contribution in [0.25, 0.3) is 0 Å². The van der Waals surface area contributed by atoms with Crippen molar-refractivity contribution in [2.75, 3.05) is 10.7 Å². The summed E-state index contributed by atoms with van der Waals surface area (Å²) in [6.45, 7) is 0. The van der Waals surface area contributed by atoms with E-state index in [1.807, 2.05) is 18.2 Å². The molecule has 1 aliphatic carbocycles. The molecule has 0 atom stereocenters. The maximum Gasteiger partial charge on any atom is 0.0439 e. The molecule has 1 fully saturated rings. The van der Waals surface area contributed by atoms with Gasteiger partial charge < -0.3 is 0 Å². The molecule has 106 valence electrons. The van der Waals surface area contributed by atoms with Crippen molar-refractivity contribution in [3.05, 3.63) is 33.8 Å². The molecule has 0 nitrogen and oxygen atoms in total. The Morgan fingerprint density at radius 3 is 2.32 bits per heavy atom. The maximum atomic E-state index is 6.33. The van der Waals surface area contributed by atoms with Crippen LogP contribution >= 0.6 is 55.1 Å². The van der Waals surface area contributed by atoms with Crippen molar-refractivity contribution in [1.29, 1.82) is 0 Å². The molecule has 1 aliphatic rings. The van der Waals surface area contributed by atoms with E-state index >= 15 is 0 Å². The Morgan fingerprint density at radius 2 is 1.74 bits per heavy atom. The Kier molecular flexibility index (Phi) is 6.08. The summed E-state index contributed by atoms with van der Waals surface area (Å²) in [5, 5.41) is 3.59. The van der Waals surface area contributed by atoms with Gasteiger partial charge in [0.15, 0.2) is 0 Å². The first-order valence-electron chi connectivity index (χ1n) is 6.67. The second kappa shape index (κ2) is 7.15. The van der Waals surface area contributed by atoms with E-state index in [9.17, 15) is 0 Å². The summed E-state index contributed by atoms with van der Waals surface area (Å²) in [4.78, 5) is 0. The monoisotopic (exact) mass is 426 g/mol. The Hall–Kier alpha value is 0.760. The quantitative estimate of drug-likeness (QED) is 0.469. The summed E-state index contributed by atoms with van der Waals surface area (Å²) in [5.74, 6) is 0.765. The average Bonchev–Trinajstić information content (AvgIpc) is 2.94. The van der Waals surface area contributed by atoms with Gasteiger partial charge in [0.25, 0.3) is 0 Å². The third-order valence-corrected chi connectivity index (χ3v) is 7.14. The topological polar surface area (TPSA) is 0 Å². The largest absolute Gasteiger partial charge is 0.0921 e. The first kappa shape index (κ1) is 16.1. The second-order valence-corrected chi connectivity index (χ2v) is 7.49. The lowest BCUT2D eigenvalue weighted by atomic mass is 9.73. The van der Waals surface area contributed by atoms with Crippen molar-refractivity contribution in [3.63, 3.8) is 0 Å². The minimum atomic E-state index is 0.241. The SMILES string of the molecule is Clc1ccc(Cl)c(CC(CBr)(CBr)C2CCCC2)c1. The van der Waals surface area contributed by atoms with E-state index in [0.29, 0.717) is 0 Å². The Balaban J connectivity index is 2.27. The van der Waals surface area contributed by atoms with Crippen molar-refractivity contribution in [1.82, 2.24) is 0 Å². The van der Waals surface area contributed by atoms with Gasteiger partial charge in [-0.2, -0.15) is 0 Å². The molecule has 0 unspecified atom stereocenters. The van der Waals surface area contributed by atoms with E-state index in [-0.39, 0.29) is 5.41 Å². The van der Waals surface area contributed by atoms with Crippen LogP contribution < -0.4 is 0 Å². The van der Waals surface area contributed by atoms with Crippen LogP contribution in [0.15, 0.2) is 18.2 Å². The standard InChI is InChI=1S/C15H18Br2Cl2/c16-9-15(10-17,12-3-1-2-4-12)8-11-7-13(18)5-6-14(11)19/h5-7,12H,1-4,8-10H2. The van der Waals surface area contributed by atoms with Crippen LogP contribution in [0.5, 0.6) is 0 Å². The molecule has 0 radical (unpaired) electrons. The summed E-state index contributed by atoms with van der Waals surface area (Å²) in [5.41, 5.74) is 1.41. The smallest absolute Gasteiger partial charge is 0.0439 e. The van der Waals surface area contributed by atoms with Crippen LogP contribution in [-0.2, 0) is 6.42 Å².